The van der Waals surface area contributed by atoms with Crippen LogP contribution in [0.2, 0.25) is 0 Å². The van der Waals surface area contributed by atoms with Crippen molar-refractivity contribution in [3.05, 3.63) is 0 Å². The number of urea groups is 1. The monoisotopic (exact) mass is 185 g/mol. The van der Waals surface area contributed by atoms with Crippen molar-refractivity contribution in [2.24, 2.45) is 5.73 Å². The van der Waals surface area contributed by atoms with Crippen molar-refractivity contribution in [1.29, 1.82) is 0 Å². The summed E-state index contributed by atoms with van der Waals surface area (Å²) in [6.45, 7) is 0. The Morgan fingerprint density at radius 3 is 2.85 bits per heavy atom. The molecule has 2 aliphatic heterocycles. The van der Waals surface area contributed by atoms with Crippen molar-refractivity contribution in [1.82, 2.24) is 20.7 Å². The highest BCUT2D eigenvalue weighted by atomic mass is 16.2. The normalized spacial score (nSPS) is 32.8. The molecule has 72 valence electrons. The smallest absolute Gasteiger partial charge is 0.304 e. The molecule has 7 nitrogen and oxygen atoms in total. The molecule has 2 atom stereocenters. The molecule has 2 heterocycles. The molecule has 7 heteroatoms. The minimum absolute atomic E-state index is 0.0356. The summed E-state index contributed by atoms with van der Waals surface area (Å²) < 4.78 is 0. The van der Waals surface area contributed by atoms with Gasteiger partial charge in [-0.3, -0.25) is 15.6 Å². The third kappa shape index (κ3) is 1.00. The maximum Gasteiger partial charge on any atom is 0.360 e. The first-order chi connectivity index (χ1) is 6.11. The summed E-state index contributed by atoms with van der Waals surface area (Å²) in [6.07, 6.45) is -0.205. The topological polar surface area (TPSA) is 87.6 Å². The first-order valence-corrected chi connectivity index (χ1v) is 4.01. The van der Waals surface area contributed by atoms with E-state index in [1.54, 1.807) is 23.9 Å². The molecule has 0 bridgehead atoms. The lowest BCUT2D eigenvalue weighted by molar-refractivity contribution is -0.539. The van der Waals surface area contributed by atoms with Crippen LogP contribution in [0.4, 0.5) is 4.79 Å². The molecule has 2 amide bonds. The molecule has 0 aromatic heterocycles. The van der Waals surface area contributed by atoms with Gasteiger partial charge in [0, 0.05) is 14.1 Å². The SMILES string of the molecule is CN1C(=O)N(C)[C@H]2[NH+]=C(N)NN[C@H]21. The van der Waals surface area contributed by atoms with Crippen molar-refractivity contribution < 1.29 is 9.79 Å². The Kier molecular flexibility index (Phi) is 1.56. The van der Waals surface area contributed by atoms with Gasteiger partial charge in [0.05, 0.1) is 0 Å². The van der Waals surface area contributed by atoms with Crippen molar-refractivity contribution in [2.75, 3.05) is 14.1 Å². The van der Waals surface area contributed by atoms with E-state index in [4.69, 9.17) is 5.73 Å². The molecular weight excluding hydrogens is 172 g/mol. The Balaban J connectivity index is 2.30. The van der Waals surface area contributed by atoms with Gasteiger partial charge in [-0.25, -0.2) is 10.2 Å². The van der Waals surface area contributed by atoms with Gasteiger partial charge in [-0.15, -0.1) is 0 Å². The number of nitrogens with two attached hydrogens (primary N) is 1. The van der Waals surface area contributed by atoms with Crippen molar-refractivity contribution in [3.63, 3.8) is 0 Å². The van der Waals surface area contributed by atoms with E-state index < -0.39 is 0 Å². The minimum atomic E-state index is -0.112. The number of amides is 2. The van der Waals surface area contributed by atoms with Gasteiger partial charge in [0.15, 0.2) is 12.3 Å². The number of carbonyl (C=O) groups is 1. The third-order valence-corrected chi connectivity index (χ3v) is 2.40. The summed E-state index contributed by atoms with van der Waals surface area (Å²) in [6, 6.07) is -0.0356. The van der Waals surface area contributed by atoms with Gasteiger partial charge in [0.2, 0.25) is 0 Å². The number of hydrogen-bond acceptors (Lipinski definition) is 4. The zero-order valence-electron chi connectivity index (χ0n) is 7.53. The van der Waals surface area contributed by atoms with E-state index in [0.717, 1.165) is 0 Å². The summed E-state index contributed by atoms with van der Waals surface area (Å²) >= 11 is 0. The van der Waals surface area contributed by atoms with Crippen LogP contribution in [-0.4, -0.2) is 48.2 Å². The molecule has 2 aliphatic rings. The number of nitrogens with zero attached hydrogens (tertiary/aromatic N) is 2. The summed E-state index contributed by atoms with van der Waals surface area (Å²) in [5, 5.41) is 0. The highest BCUT2D eigenvalue weighted by Crippen LogP contribution is 2.12. The van der Waals surface area contributed by atoms with Gasteiger partial charge >= 0.3 is 12.0 Å². The van der Waals surface area contributed by atoms with Crippen LogP contribution in [0.15, 0.2) is 0 Å². The lowest BCUT2D eigenvalue weighted by Gasteiger charge is -2.24. The largest absolute Gasteiger partial charge is 0.360 e. The van der Waals surface area contributed by atoms with E-state index in [-0.39, 0.29) is 18.4 Å². The van der Waals surface area contributed by atoms with Crippen LogP contribution in [0.3, 0.4) is 0 Å². The average molecular weight is 185 g/mol. The van der Waals surface area contributed by atoms with Crippen molar-refractivity contribution in [3.8, 4) is 0 Å². The molecule has 0 aromatic carbocycles. The molecule has 1 fully saturated rings. The van der Waals surface area contributed by atoms with E-state index in [1.807, 2.05) is 0 Å². The first kappa shape index (κ1) is 8.11. The second-order valence-electron chi connectivity index (χ2n) is 3.22. The molecule has 13 heavy (non-hydrogen) atoms. The number of nitrogens with one attached hydrogen (secondary N) is 3. The Bertz CT molecular complexity index is 276. The van der Waals surface area contributed by atoms with Crippen LogP contribution < -0.4 is 21.6 Å². The molecule has 0 saturated carbocycles. The molecule has 0 unspecified atom stereocenters. The second kappa shape index (κ2) is 2.49. The van der Waals surface area contributed by atoms with E-state index in [2.05, 4.69) is 15.8 Å². The van der Waals surface area contributed by atoms with E-state index >= 15 is 0 Å². The molecule has 0 aliphatic carbocycles. The Morgan fingerprint density at radius 1 is 1.46 bits per heavy atom. The number of guanidine groups is 1. The Morgan fingerprint density at radius 2 is 2.15 bits per heavy atom. The average Bonchev–Trinajstić information content (AvgIpc) is 2.32. The number of carbonyl (C=O) groups excluding carboxylic acids is 1. The summed E-state index contributed by atoms with van der Waals surface area (Å²) in [5.74, 6) is 0.427. The molecule has 5 N–H and O–H groups in total. The van der Waals surface area contributed by atoms with Crippen LogP contribution in [0, 0.1) is 0 Å². The molecule has 2 rings (SSSR count). The molecular formula is C6H13N6O+. The maximum absolute atomic E-state index is 11.5. The number of hydrazine groups is 1. The maximum atomic E-state index is 11.5. The second-order valence-corrected chi connectivity index (χ2v) is 3.22. The van der Waals surface area contributed by atoms with E-state index in [1.165, 1.54) is 0 Å². The zero-order valence-corrected chi connectivity index (χ0v) is 7.53. The summed E-state index contributed by atoms with van der Waals surface area (Å²) in [5.41, 5.74) is 11.2. The van der Waals surface area contributed by atoms with Crippen LogP contribution in [0.5, 0.6) is 0 Å². The van der Waals surface area contributed by atoms with Gasteiger partial charge in [0.25, 0.3) is 0 Å². The standard InChI is InChI=1S/C6H12N6O/c1-11-3-4(12(2)6(11)13)9-10-5(7)8-3/h3-4,9H,1-2H3,(H3,7,8,10)/p+1/t3-,4+/m1/s1. The van der Waals surface area contributed by atoms with Gasteiger partial charge < -0.3 is 4.90 Å². The number of fused-ring (bicyclic) bond motifs is 1. The molecule has 0 aromatic rings. The predicted octanol–water partition coefficient (Wildman–Crippen LogP) is -3.86. The van der Waals surface area contributed by atoms with Crippen LogP contribution in [-0.2, 0) is 0 Å². The van der Waals surface area contributed by atoms with Gasteiger partial charge in [-0.2, -0.15) is 5.43 Å². The minimum Gasteiger partial charge on any atom is -0.304 e. The number of hydrogen-bond donors (Lipinski definition) is 4. The fraction of sp³-hybridized carbons (Fsp3) is 0.667. The molecule has 1 saturated heterocycles. The molecule has 0 radical (unpaired) electrons. The van der Waals surface area contributed by atoms with Crippen LogP contribution in [0.1, 0.15) is 0 Å². The number of likely N-dealkylation sites (N-methyl/N-ethyl adjacent to an activating group) is 2. The highest BCUT2D eigenvalue weighted by molar-refractivity contribution is 5.78. The first-order valence-electron chi connectivity index (χ1n) is 4.01. The van der Waals surface area contributed by atoms with Gasteiger partial charge in [-0.1, -0.05) is 0 Å². The van der Waals surface area contributed by atoms with Crippen LogP contribution >= 0.6 is 0 Å². The van der Waals surface area contributed by atoms with E-state index in [9.17, 15) is 4.79 Å². The Hall–Kier alpha value is -1.50. The summed E-state index contributed by atoms with van der Waals surface area (Å²) in [4.78, 5) is 17.7. The Labute approximate surface area is 75.5 Å². The van der Waals surface area contributed by atoms with Crippen LogP contribution in [0.25, 0.3) is 0 Å². The lowest BCUT2D eigenvalue weighted by Crippen LogP contribution is -2.94. The predicted molar refractivity (Wildman–Crippen MR) is 44.9 cm³/mol. The van der Waals surface area contributed by atoms with Gasteiger partial charge in [-0.05, 0) is 0 Å². The fourth-order valence-electron chi connectivity index (χ4n) is 1.61. The summed E-state index contributed by atoms with van der Waals surface area (Å²) in [7, 11) is 3.47. The quantitative estimate of drug-likeness (QED) is 0.311. The zero-order chi connectivity index (χ0) is 9.59. The molecule has 0 spiro atoms. The van der Waals surface area contributed by atoms with Crippen molar-refractivity contribution in [2.45, 2.75) is 12.3 Å². The third-order valence-electron chi connectivity index (χ3n) is 2.40. The lowest BCUT2D eigenvalue weighted by atomic mass is 10.4. The number of rotatable bonds is 0. The highest BCUT2D eigenvalue weighted by Gasteiger charge is 2.45. The fourth-order valence-corrected chi connectivity index (χ4v) is 1.61. The van der Waals surface area contributed by atoms with Crippen molar-refractivity contribution >= 4 is 12.0 Å². The van der Waals surface area contributed by atoms with Gasteiger partial charge in [0.1, 0.15) is 0 Å². The van der Waals surface area contributed by atoms with E-state index in [0.29, 0.717) is 5.96 Å².